The van der Waals surface area contributed by atoms with Crippen LogP contribution in [0, 0.1) is 0 Å². The molecule has 1 atom stereocenters. The highest BCUT2D eigenvalue weighted by Gasteiger charge is 2.29. The number of amides is 1. The van der Waals surface area contributed by atoms with Gasteiger partial charge >= 0.3 is 0 Å². The highest BCUT2D eigenvalue weighted by molar-refractivity contribution is 5.81. The molecule has 1 saturated heterocycles. The van der Waals surface area contributed by atoms with E-state index in [1.807, 2.05) is 20.8 Å². The largest absolute Gasteiger partial charge is 0.383 e. The minimum atomic E-state index is -0.526. The molecule has 6 heteroatoms. The van der Waals surface area contributed by atoms with Gasteiger partial charge in [0.15, 0.2) is 5.79 Å². The third-order valence-corrected chi connectivity index (χ3v) is 2.75. The van der Waals surface area contributed by atoms with Crippen molar-refractivity contribution in [3.05, 3.63) is 0 Å². The molecule has 0 radical (unpaired) electrons. The number of carbonyl (C=O) groups excluding carboxylic acids is 1. The maximum absolute atomic E-state index is 11.7. The fourth-order valence-electron chi connectivity index (χ4n) is 1.65. The van der Waals surface area contributed by atoms with E-state index in [1.54, 1.807) is 7.11 Å². The minimum absolute atomic E-state index is 0.0428. The molecule has 1 fully saturated rings. The van der Waals surface area contributed by atoms with Crippen LogP contribution < -0.4 is 10.6 Å². The van der Waals surface area contributed by atoms with Crippen molar-refractivity contribution in [2.24, 2.45) is 0 Å². The Labute approximate surface area is 108 Å². The Kier molecular flexibility index (Phi) is 6.01. The Hall–Kier alpha value is -0.690. The summed E-state index contributed by atoms with van der Waals surface area (Å²) in [4.78, 5) is 11.7. The Morgan fingerprint density at radius 2 is 2.06 bits per heavy atom. The second-order valence-electron chi connectivity index (χ2n) is 4.89. The normalized spacial score (nSPS) is 21.6. The molecule has 1 rings (SSSR count). The van der Waals surface area contributed by atoms with Crippen molar-refractivity contribution in [3.8, 4) is 0 Å². The third-order valence-electron chi connectivity index (χ3n) is 2.75. The summed E-state index contributed by atoms with van der Waals surface area (Å²) in [5.41, 5.74) is 0. The summed E-state index contributed by atoms with van der Waals surface area (Å²) < 4.78 is 15.9. The summed E-state index contributed by atoms with van der Waals surface area (Å²) >= 11 is 0. The molecule has 1 amide bonds. The van der Waals surface area contributed by atoms with Crippen molar-refractivity contribution in [3.63, 3.8) is 0 Å². The first-order valence-corrected chi connectivity index (χ1v) is 6.25. The van der Waals surface area contributed by atoms with Crippen LogP contribution in [0.25, 0.3) is 0 Å². The summed E-state index contributed by atoms with van der Waals surface area (Å²) in [5, 5.41) is 5.96. The van der Waals surface area contributed by atoms with Crippen LogP contribution in [0.5, 0.6) is 0 Å². The third kappa shape index (κ3) is 5.30. The number of ether oxygens (including phenoxy) is 3. The SMILES string of the molecule is COCCNC(=O)C(C)NC1COC(C)(C)OC1. The van der Waals surface area contributed by atoms with Gasteiger partial charge in [-0.05, 0) is 20.8 Å². The van der Waals surface area contributed by atoms with Gasteiger partial charge in [-0.15, -0.1) is 0 Å². The van der Waals surface area contributed by atoms with Gasteiger partial charge in [0.2, 0.25) is 5.91 Å². The Bertz CT molecular complexity index is 261. The van der Waals surface area contributed by atoms with Crippen molar-refractivity contribution in [1.29, 1.82) is 0 Å². The zero-order valence-electron chi connectivity index (χ0n) is 11.6. The molecule has 0 aromatic carbocycles. The lowest BCUT2D eigenvalue weighted by molar-refractivity contribution is -0.253. The van der Waals surface area contributed by atoms with Crippen LogP contribution in [0.1, 0.15) is 20.8 Å². The van der Waals surface area contributed by atoms with E-state index in [1.165, 1.54) is 0 Å². The highest BCUT2D eigenvalue weighted by Crippen LogP contribution is 2.17. The molecule has 1 aliphatic heterocycles. The predicted octanol–water partition coefficient (Wildman–Crippen LogP) is -0.121. The lowest BCUT2D eigenvalue weighted by Gasteiger charge is -2.36. The van der Waals surface area contributed by atoms with Crippen LogP contribution in [-0.2, 0) is 19.0 Å². The van der Waals surface area contributed by atoms with Crippen LogP contribution in [0.2, 0.25) is 0 Å². The molecule has 0 aliphatic carbocycles. The van der Waals surface area contributed by atoms with Crippen LogP contribution in [0.15, 0.2) is 0 Å². The molecule has 0 aromatic rings. The lowest BCUT2D eigenvalue weighted by Crippen LogP contribution is -2.54. The number of nitrogens with one attached hydrogen (secondary N) is 2. The zero-order valence-corrected chi connectivity index (χ0v) is 11.6. The molecule has 0 bridgehead atoms. The Morgan fingerprint density at radius 1 is 1.44 bits per heavy atom. The van der Waals surface area contributed by atoms with E-state index in [4.69, 9.17) is 14.2 Å². The topological polar surface area (TPSA) is 68.8 Å². The molecule has 1 heterocycles. The minimum Gasteiger partial charge on any atom is -0.383 e. The van der Waals surface area contributed by atoms with Crippen molar-refractivity contribution >= 4 is 5.91 Å². The maximum atomic E-state index is 11.7. The van der Waals surface area contributed by atoms with Gasteiger partial charge in [0, 0.05) is 13.7 Å². The van der Waals surface area contributed by atoms with Crippen molar-refractivity contribution in [2.75, 3.05) is 33.5 Å². The smallest absolute Gasteiger partial charge is 0.236 e. The molecular formula is C12H24N2O4. The van der Waals surface area contributed by atoms with E-state index >= 15 is 0 Å². The standard InChI is InChI=1S/C12H24N2O4/c1-9(11(15)13-5-6-16-4)14-10-7-17-12(2,3)18-8-10/h9-10,14H,5-8H2,1-4H3,(H,13,15). The van der Waals surface area contributed by atoms with E-state index in [0.29, 0.717) is 26.4 Å². The summed E-state index contributed by atoms with van der Waals surface area (Å²) in [6.07, 6.45) is 0. The Balaban J connectivity index is 2.23. The monoisotopic (exact) mass is 260 g/mol. The fraction of sp³-hybridized carbons (Fsp3) is 0.917. The van der Waals surface area contributed by atoms with Gasteiger partial charge < -0.3 is 19.5 Å². The highest BCUT2D eigenvalue weighted by atomic mass is 16.7. The van der Waals surface area contributed by atoms with Gasteiger partial charge in [-0.1, -0.05) is 0 Å². The molecular weight excluding hydrogens is 236 g/mol. The fourth-order valence-corrected chi connectivity index (χ4v) is 1.65. The van der Waals surface area contributed by atoms with E-state index in [9.17, 15) is 4.79 Å². The second kappa shape index (κ2) is 7.04. The van der Waals surface area contributed by atoms with Gasteiger partial charge in [0.1, 0.15) is 0 Å². The Morgan fingerprint density at radius 3 is 2.61 bits per heavy atom. The second-order valence-corrected chi connectivity index (χ2v) is 4.89. The van der Waals surface area contributed by atoms with Gasteiger partial charge in [-0.2, -0.15) is 0 Å². The first kappa shape index (κ1) is 15.4. The lowest BCUT2D eigenvalue weighted by atomic mass is 10.2. The number of methoxy groups -OCH3 is 1. The number of hydrogen-bond acceptors (Lipinski definition) is 5. The quantitative estimate of drug-likeness (QED) is 0.652. The molecule has 0 saturated carbocycles. The first-order valence-electron chi connectivity index (χ1n) is 6.25. The van der Waals surface area contributed by atoms with Crippen LogP contribution in [-0.4, -0.2) is 57.3 Å². The van der Waals surface area contributed by atoms with E-state index in [2.05, 4.69) is 10.6 Å². The van der Waals surface area contributed by atoms with Gasteiger partial charge in [-0.3, -0.25) is 10.1 Å². The maximum Gasteiger partial charge on any atom is 0.236 e. The molecule has 1 unspecified atom stereocenters. The number of hydrogen-bond donors (Lipinski definition) is 2. The summed E-state index contributed by atoms with van der Waals surface area (Å²) in [7, 11) is 1.60. The molecule has 0 aromatic heterocycles. The van der Waals surface area contributed by atoms with E-state index in [0.717, 1.165) is 0 Å². The number of carbonyl (C=O) groups is 1. The van der Waals surface area contributed by atoms with Crippen LogP contribution >= 0.6 is 0 Å². The summed E-state index contributed by atoms with van der Waals surface area (Å²) in [6, 6.07) is -0.235. The van der Waals surface area contributed by atoms with E-state index in [-0.39, 0.29) is 18.0 Å². The average molecular weight is 260 g/mol. The average Bonchev–Trinajstić information content (AvgIpc) is 2.32. The van der Waals surface area contributed by atoms with Crippen molar-refractivity contribution in [2.45, 2.75) is 38.6 Å². The zero-order chi connectivity index (χ0) is 13.6. The van der Waals surface area contributed by atoms with Crippen LogP contribution in [0.4, 0.5) is 0 Å². The van der Waals surface area contributed by atoms with Gasteiger partial charge in [-0.25, -0.2) is 0 Å². The molecule has 1 aliphatic rings. The summed E-state index contributed by atoms with van der Waals surface area (Å²) in [6.45, 7) is 7.70. The number of rotatable bonds is 6. The molecule has 2 N–H and O–H groups in total. The predicted molar refractivity (Wildman–Crippen MR) is 67.3 cm³/mol. The summed E-state index contributed by atoms with van der Waals surface area (Å²) in [5.74, 6) is -0.570. The molecule has 18 heavy (non-hydrogen) atoms. The van der Waals surface area contributed by atoms with Gasteiger partial charge in [0.25, 0.3) is 0 Å². The van der Waals surface area contributed by atoms with Crippen molar-refractivity contribution < 1.29 is 19.0 Å². The van der Waals surface area contributed by atoms with Gasteiger partial charge in [0.05, 0.1) is 31.9 Å². The first-order chi connectivity index (χ1) is 8.44. The van der Waals surface area contributed by atoms with Crippen molar-refractivity contribution in [1.82, 2.24) is 10.6 Å². The molecule has 6 nitrogen and oxygen atoms in total. The molecule has 106 valence electrons. The van der Waals surface area contributed by atoms with Crippen LogP contribution in [0.3, 0.4) is 0 Å². The van der Waals surface area contributed by atoms with E-state index < -0.39 is 5.79 Å². The molecule has 0 spiro atoms.